The second kappa shape index (κ2) is 9.59. The topological polar surface area (TPSA) is 97.2 Å². The van der Waals surface area contributed by atoms with E-state index in [4.69, 9.17) is 0 Å². The van der Waals surface area contributed by atoms with Gasteiger partial charge in [0, 0.05) is 37.4 Å². The van der Waals surface area contributed by atoms with E-state index in [1.165, 1.54) is 22.1 Å². The van der Waals surface area contributed by atoms with Gasteiger partial charge in [0.2, 0.25) is 5.91 Å². The Balaban J connectivity index is 1.42. The van der Waals surface area contributed by atoms with Crippen LogP contribution in [-0.4, -0.2) is 50.9 Å². The molecule has 150 valence electrons. The molecular formula is C19H25N5O3S. The van der Waals surface area contributed by atoms with E-state index in [9.17, 15) is 14.4 Å². The third-order valence-electron chi connectivity index (χ3n) is 4.86. The molecule has 3 rings (SSSR count). The van der Waals surface area contributed by atoms with E-state index in [1.807, 2.05) is 5.38 Å². The predicted molar refractivity (Wildman–Crippen MR) is 106 cm³/mol. The summed E-state index contributed by atoms with van der Waals surface area (Å²) in [6.45, 7) is 3.95. The van der Waals surface area contributed by atoms with Crippen molar-refractivity contribution in [2.24, 2.45) is 5.92 Å². The normalized spacial score (nSPS) is 14.8. The van der Waals surface area contributed by atoms with Crippen LogP contribution in [0.5, 0.6) is 0 Å². The van der Waals surface area contributed by atoms with Crippen LogP contribution in [0.15, 0.2) is 28.6 Å². The SMILES string of the molecule is CCCc1nc(C(=O)NCC2CCN(C(=O)Cn3cccnc3=O)CC2)cs1. The van der Waals surface area contributed by atoms with Gasteiger partial charge in [0.1, 0.15) is 12.2 Å². The maximum Gasteiger partial charge on any atom is 0.347 e. The minimum absolute atomic E-state index is 0.0119. The van der Waals surface area contributed by atoms with Crippen LogP contribution in [0.2, 0.25) is 0 Å². The van der Waals surface area contributed by atoms with Crippen molar-refractivity contribution in [1.82, 2.24) is 24.8 Å². The molecule has 0 bridgehead atoms. The Kier molecular flexibility index (Phi) is 6.91. The standard InChI is InChI=1S/C19H25N5O3S/c1-2-4-16-22-15(13-28-16)18(26)21-11-14-5-9-23(10-6-14)17(25)12-24-8-3-7-20-19(24)27/h3,7-8,13-14H,2,4-6,9-12H2,1H3,(H,21,26). The number of nitrogens with one attached hydrogen (secondary N) is 1. The predicted octanol–water partition coefficient (Wildman–Crippen LogP) is 1.32. The van der Waals surface area contributed by atoms with E-state index < -0.39 is 5.69 Å². The lowest BCUT2D eigenvalue weighted by Gasteiger charge is -2.32. The Morgan fingerprint density at radius 3 is 2.82 bits per heavy atom. The van der Waals surface area contributed by atoms with Crippen molar-refractivity contribution in [3.8, 4) is 0 Å². The van der Waals surface area contributed by atoms with Gasteiger partial charge in [0.25, 0.3) is 5.91 Å². The smallest absolute Gasteiger partial charge is 0.347 e. The molecule has 28 heavy (non-hydrogen) atoms. The van der Waals surface area contributed by atoms with Gasteiger partial charge in [-0.15, -0.1) is 11.3 Å². The number of rotatable bonds is 7. The average molecular weight is 404 g/mol. The first-order valence-electron chi connectivity index (χ1n) is 9.58. The first kappa shape index (κ1) is 20.2. The number of hydrogen-bond donors (Lipinski definition) is 1. The summed E-state index contributed by atoms with van der Waals surface area (Å²) in [5.74, 6) is 0.124. The van der Waals surface area contributed by atoms with Gasteiger partial charge in [-0.1, -0.05) is 6.92 Å². The molecule has 1 fully saturated rings. The second-order valence-corrected chi connectivity index (χ2v) is 7.88. The maximum absolute atomic E-state index is 12.4. The van der Waals surface area contributed by atoms with Crippen LogP contribution in [0.1, 0.15) is 41.7 Å². The Labute approximate surface area is 167 Å². The van der Waals surface area contributed by atoms with Crippen LogP contribution < -0.4 is 11.0 Å². The summed E-state index contributed by atoms with van der Waals surface area (Å²) in [6, 6.07) is 1.64. The Morgan fingerprint density at radius 2 is 2.11 bits per heavy atom. The number of piperidine rings is 1. The highest BCUT2D eigenvalue weighted by molar-refractivity contribution is 7.09. The van der Waals surface area contributed by atoms with Crippen LogP contribution in [-0.2, 0) is 17.8 Å². The number of aryl methyl sites for hydroxylation is 1. The number of thiazole rings is 1. The zero-order valence-corrected chi connectivity index (χ0v) is 16.8. The van der Waals surface area contributed by atoms with Crippen LogP contribution in [0.25, 0.3) is 0 Å². The molecule has 2 aromatic heterocycles. The van der Waals surface area contributed by atoms with Crippen molar-refractivity contribution in [1.29, 1.82) is 0 Å². The number of amides is 2. The second-order valence-electron chi connectivity index (χ2n) is 6.94. The summed E-state index contributed by atoms with van der Waals surface area (Å²) in [4.78, 5) is 46.1. The van der Waals surface area contributed by atoms with E-state index in [0.717, 1.165) is 30.7 Å². The Bertz CT molecular complexity index is 870. The molecule has 0 saturated carbocycles. The van der Waals surface area contributed by atoms with E-state index in [-0.39, 0.29) is 18.4 Å². The average Bonchev–Trinajstić information content (AvgIpc) is 3.17. The molecule has 2 aromatic rings. The quantitative estimate of drug-likeness (QED) is 0.752. The van der Waals surface area contributed by atoms with Crippen molar-refractivity contribution in [3.05, 3.63) is 45.0 Å². The van der Waals surface area contributed by atoms with Crippen LogP contribution >= 0.6 is 11.3 Å². The molecule has 1 N–H and O–H groups in total. The molecule has 2 amide bonds. The van der Waals surface area contributed by atoms with Crippen LogP contribution in [0, 0.1) is 5.92 Å². The van der Waals surface area contributed by atoms with Gasteiger partial charge < -0.3 is 10.2 Å². The zero-order valence-electron chi connectivity index (χ0n) is 16.0. The number of nitrogens with zero attached hydrogens (tertiary/aromatic N) is 4. The number of likely N-dealkylation sites (tertiary alicyclic amines) is 1. The summed E-state index contributed by atoms with van der Waals surface area (Å²) in [5, 5.41) is 5.76. The van der Waals surface area contributed by atoms with E-state index in [2.05, 4.69) is 22.2 Å². The molecule has 0 spiro atoms. The summed E-state index contributed by atoms with van der Waals surface area (Å²) in [6.07, 6.45) is 6.55. The van der Waals surface area contributed by atoms with Crippen molar-refractivity contribution < 1.29 is 9.59 Å². The lowest BCUT2D eigenvalue weighted by molar-refractivity contribution is -0.133. The Hall–Kier alpha value is -2.55. The summed E-state index contributed by atoms with van der Waals surface area (Å²) < 4.78 is 1.31. The molecular weight excluding hydrogens is 378 g/mol. The molecule has 9 heteroatoms. The van der Waals surface area contributed by atoms with Gasteiger partial charge in [-0.3, -0.25) is 14.2 Å². The van der Waals surface area contributed by atoms with Gasteiger partial charge in [-0.25, -0.2) is 14.8 Å². The lowest BCUT2D eigenvalue weighted by atomic mass is 9.96. The summed E-state index contributed by atoms with van der Waals surface area (Å²) in [7, 11) is 0. The highest BCUT2D eigenvalue weighted by Crippen LogP contribution is 2.17. The Morgan fingerprint density at radius 1 is 1.32 bits per heavy atom. The zero-order chi connectivity index (χ0) is 19.9. The number of carbonyl (C=O) groups excluding carboxylic acids is 2. The fourth-order valence-corrected chi connectivity index (χ4v) is 4.09. The minimum atomic E-state index is -0.419. The van der Waals surface area contributed by atoms with Gasteiger partial charge >= 0.3 is 5.69 Å². The van der Waals surface area contributed by atoms with Crippen LogP contribution in [0.4, 0.5) is 0 Å². The molecule has 8 nitrogen and oxygen atoms in total. The first-order chi connectivity index (χ1) is 13.6. The number of hydrogen-bond acceptors (Lipinski definition) is 6. The van der Waals surface area contributed by atoms with Crippen LogP contribution in [0.3, 0.4) is 0 Å². The number of aromatic nitrogens is 3. The van der Waals surface area contributed by atoms with Crippen molar-refractivity contribution in [2.45, 2.75) is 39.2 Å². The highest BCUT2D eigenvalue weighted by Gasteiger charge is 2.23. The monoisotopic (exact) mass is 403 g/mol. The molecule has 3 heterocycles. The first-order valence-corrected chi connectivity index (χ1v) is 10.5. The van der Waals surface area contributed by atoms with E-state index in [1.54, 1.807) is 17.2 Å². The van der Waals surface area contributed by atoms with Gasteiger partial charge in [0.05, 0.1) is 5.01 Å². The van der Waals surface area contributed by atoms with E-state index >= 15 is 0 Å². The van der Waals surface area contributed by atoms with Crippen molar-refractivity contribution >= 4 is 23.2 Å². The van der Waals surface area contributed by atoms with E-state index in [0.29, 0.717) is 31.2 Å². The highest BCUT2D eigenvalue weighted by atomic mass is 32.1. The van der Waals surface area contributed by atoms with Gasteiger partial charge in [-0.05, 0) is 37.7 Å². The molecule has 0 unspecified atom stereocenters. The molecule has 1 aliphatic heterocycles. The molecule has 0 radical (unpaired) electrons. The fourth-order valence-electron chi connectivity index (χ4n) is 3.21. The molecule has 0 aliphatic carbocycles. The third kappa shape index (κ3) is 5.25. The summed E-state index contributed by atoms with van der Waals surface area (Å²) in [5.41, 5.74) is 0.0700. The molecule has 1 aliphatic rings. The maximum atomic E-state index is 12.4. The number of carbonyl (C=O) groups is 2. The minimum Gasteiger partial charge on any atom is -0.350 e. The fraction of sp³-hybridized carbons (Fsp3) is 0.526. The summed E-state index contributed by atoms with van der Waals surface area (Å²) >= 11 is 1.52. The van der Waals surface area contributed by atoms with Gasteiger partial charge in [-0.2, -0.15) is 0 Å². The molecule has 0 aromatic carbocycles. The lowest BCUT2D eigenvalue weighted by Crippen LogP contribution is -2.43. The molecule has 0 atom stereocenters. The molecule has 1 saturated heterocycles. The van der Waals surface area contributed by atoms with Crippen molar-refractivity contribution in [3.63, 3.8) is 0 Å². The third-order valence-corrected chi connectivity index (χ3v) is 5.76. The van der Waals surface area contributed by atoms with Gasteiger partial charge in [0.15, 0.2) is 0 Å². The largest absolute Gasteiger partial charge is 0.350 e. The van der Waals surface area contributed by atoms with Crippen molar-refractivity contribution in [2.75, 3.05) is 19.6 Å².